The van der Waals surface area contributed by atoms with E-state index in [1.54, 1.807) is 0 Å². The summed E-state index contributed by atoms with van der Waals surface area (Å²) in [6, 6.07) is 6.49. The van der Waals surface area contributed by atoms with Gasteiger partial charge in [-0.3, -0.25) is 0 Å². The molecule has 0 saturated carbocycles. The highest BCUT2D eigenvalue weighted by Gasteiger charge is 2.37. The van der Waals surface area contributed by atoms with E-state index < -0.39 is 25.2 Å². The fourth-order valence-corrected chi connectivity index (χ4v) is 2.96. The van der Waals surface area contributed by atoms with Crippen LogP contribution in [0.5, 0.6) is 0 Å². The molecule has 0 fully saturated rings. The molecular formula is C7H5F3O2S2. The SMILES string of the molecule is O=S(=O)(SC(F)(F)F)c1ccccc1. The van der Waals surface area contributed by atoms with Crippen molar-refractivity contribution < 1.29 is 21.6 Å². The van der Waals surface area contributed by atoms with Gasteiger partial charge in [-0.15, -0.1) is 0 Å². The lowest BCUT2D eigenvalue weighted by molar-refractivity contribution is -0.0312. The first kappa shape index (κ1) is 11.4. The van der Waals surface area contributed by atoms with Gasteiger partial charge < -0.3 is 0 Å². The van der Waals surface area contributed by atoms with Crippen LogP contribution in [0.25, 0.3) is 0 Å². The Labute approximate surface area is 82.4 Å². The molecule has 1 aromatic carbocycles. The normalized spacial score (nSPS) is 12.8. The number of rotatable bonds is 2. The fraction of sp³-hybridized carbons (Fsp3) is 0.143. The van der Waals surface area contributed by atoms with Gasteiger partial charge in [0, 0.05) is 0 Å². The number of hydrogen-bond acceptors (Lipinski definition) is 3. The summed E-state index contributed by atoms with van der Waals surface area (Å²) in [6.07, 6.45) is 0. The molecule has 0 unspecified atom stereocenters. The summed E-state index contributed by atoms with van der Waals surface area (Å²) < 4.78 is 57.6. The van der Waals surface area contributed by atoms with Gasteiger partial charge in [0.1, 0.15) is 0 Å². The Hall–Kier alpha value is -0.690. The third-order valence-electron chi connectivity index (χ3n) is 1.24. The second-order valence-corrected chi connectivity index (χ2v) is 6.12. The Morgan fingerprint density at radius 1 is 1.07 bits per heavy atom. The molecule has 0 N–H and O–H groups in total. The third-order valence-corrected chi connectivity index (χ3v) is 4.30. The van der Waals surface area contributed by atoms with Crippen molar-refractivity contribution in [1.82, 2.24) is 0 Å². The lowest BCUT2D eigenvalue weighted by Crippen LogP contribution is -2.07. The van der Waals surface area contributed by atoms with Gasteiger partial charge in [-0.05, 0) is 12.1 Å². The van der Waals surface area contributed by atoms with Crippen LogP contribution in [0, 0.1) is 0 Å². The first-order chi connectivity index (χ1) is 6.31. The summed E-state index contributed by atoms with van der Waals surface area (Å²) in [5.41, 5.74) is -4.78. The van der Waals surface area contributed by atoms with Crippen LogP contribution in [-0.4, -0.2) is 13.9 Å². The first-order valence-electron chi connectivity index (χ1n) is 3.39. The smallest absolute Gasteiger partial charge is 0.212 e. The predicted molar refractivity (Wildman–Crippen MR) is 47.3 cm³/mol. The molecule has 0 heterocycles. The van der Waals surface area contributed by atoms with E-state index in [9.17, 15) is 21.6 Å². The van der Waals surface area contributed by atoms with E-state index in [-0.39, 0.29) is 4.90 Å². The molecular weight excluding hydrogens is 237 g/mol. The van der Waals surface area contributed by atoms with Gasteiger partial charge >= 0.3 is 5.51 Å². The van der Waals surface area contributed by atoms with Crippen molar-refractivity contribution in [2.75, 3.05) is 0 Å². The average molecular weight is 242 g/mol. The molecule has 0 bridgehead atoms. The summed E-state index contributed by atoms with van der Waals surface area (Å²) in [6.45, 7) is 0. The van der Waals surface area contributed by atoms with Crippen molar-refractivity contribution in [2.45, 2.75) is 10.4 Å². The summed E-state index contributed by atoms with van der Waals surface area (Å²) in [7, 11) is -5.34. The van der Waals surface area contributed by atoms with Gasteiger partial charge in [-0.2, -0.15) is 13.2 Å². The van der Waals surface area contributed by atoms with E-state index in [0.717, 1.165) is 12.1 Å². The quantitative estimate of drug-likeness (QED) is 0.747. The highest BCUT2D eigenvalue weighted by Crippen LogP contribution is 2.38. The van der Waals surface area contributed by atoms with E-state index in [2.05, 4.69) is 0 Å². The molecule has 1 aromatic rings. The van der Waals surface area contributed by atoms with Gasteiger partial charge in [0.15, 0.2) is 0 Å². The van der Waals surface area contributed by atoms with Crippen molar-refractivity contribution in [2.24, 2.45) is 0 Å². The van der Waals surface area contributed by atoms with Crippen molar-refractivity contribution in [3.05, 3.63) is 30.3 Å². The van der Waals surface area contributed by atoms with Gasteiger partial charge in [-0.25, -0.2) is 8.42 Å². The molecule has 0 amide bonds. The Bertz CT molecular complexity index is 397. The number of halogens is 3. The predicted octanol–water partition coefficient (Wildman–Crippen LogP) is 2.63. The average Bonchev–Trinajstić information content (AvgIpc) is 2.01. The van der Waals surface area contributed by atoms with Gasteiger partial charge in [0.05, 0.1) is 15.7 Å². The molecule has 0 spiro atoms. The molecule has 2 nitrogen and oxygen atoms in total. The van der Waals surface area contributed by atoms with Crippen LogP contribution >= 0.6 is 10.8 Å². The van der Waals surface area contributed by atoms with Crippen LogP contribution in [0.1, 0.15) is 0 Å². The van der Waals surface area contributed by atoms with Crippen LogP contribution in [-0.2, 0) is 8.87 Å². The standard InChI is InChI=1S/C7H5F3O2S2/c8-7(9,10)13-14(11,12)6-4-2-1-3-5-6/h1-5H. The number of alkyl halides is 3. The first-order valence-corrected chi connectivity index (χ1v) is 6.20. The molecule has 0 saturated heterocycles. The Kier molecular flexibility index (Phi) is 3.10. The summed E-state index contributed by atoms with van der Waals surface area (Å²) in [4.78, 5) is -0.345. The van der Waals surface area contributed by atoms with Crippen LogP contribution in [0.4, 0.5) is 13.2 Å². The van der Waals surface area contributed by atoms with Gasteiger partial charge in [-0.1, -0.05) is 18.2 Å². The van der Waals surface area contributed by atoms with Crippen molar-refractivity contribution in [1.29, 1.82) is 0 Å². The Morgan fingerprint density at radius 2 is 1.57 bits per heavy atom. The Balaban J connectivity index is 2.99. The molecule has 1 rings (SSSR count). The second-order valence-electron chi connectivity index (χ2n) is 2.30. The highest BCUT2D eigenvalue weighted by molar-refractivity contribution is 8.72. The maximum Gasteiger partial charge on any atom is 0.456 e. The van der Waals surface area contributed by atoms with Gasteiger partial charge in [0.2, 0.25) is 8.87 Å². The minimum atomic E-state index is -4.78. The van der Waals surface area contributed by atoms with Crippen LogP contribution < -0.4 is 0 Å². The zero-order valence-corrected chi connectivity index (χ0v) is 8.29. The van der Waals surface area contributed by atoms with Gasteiger partial charge in [0.25, 0.3) is 0 Å². The van der Waals surface area contributed by atoms with E-state index >= 15 is 0 Å². The molecule has 14 heavy (non-hydrogen) atoms. The largest absolute Gasteiger partial charge is 0.456 e. The van der Waals surface area contributed by atoms with E-state index in [1.807, 2.05) is 0 Å². The zero-order valence-electron chi connectivity index (χ0n) is 6.65. The molecule has 7 heteroatoms. The van der Waals surface area contributed by atoms with E-state index in [1.165, 1.54) is 18.2 Å². The summed E-state index contributed by atoms with van der Waals surface area (Å²) in [5.74, 6) is 0. The summed E-state index contributed by atoms with van der Waals surface area (Å²) in [5, 5.41) is 0. The molecule has 0 radical (unpaired) electrons. The van der Waals surface area contributed by atoms with Crippen LogP contribution in [0.15, 0.2) is 35.2 Å². The molecule has 0 aliphatic rings. The number of benzene rings is 1. The maximum atomic E-state index is 11.8. The topological polar surface area (TPSA) is 34.1 Å². The second kappa shape index (κ2) is 3.82. The third kappa shape index (κ3) is 3.22. The zero-order chi connectivity index (χ0) is 10.8. The van der Waals surface area contributed by atoms with E-state index in [0.29, 0.717) is 0 Å². The fourth-order valence-electron chi connectivity index (χ4n) is 0.760. The molecule has 0 aromatic heterocycles. The molecule has 0 aliphatic heterocycles. The molecule has 0 aliphatic carbocycles. The lowest BCUT2D eigenvalue weighted by atomic mass is 10.4. The molecule has 78 valence electrons. The summed E-state index contributed by atoms with van der Waals surface area (Å²) >= 11 is 0. The maximum absolute atomic E-state index is 11.8. The van der Waals surface area contributed by atoms with Crippen LogP contribution in [0.2, 0.25) is 0 Å². The van der Waals surface area contributed by atoms with E-state index in [4.69, 9.17) is 0 Å². The van der Waals surface area contributed by atoms with Crippen molar-refractivity contribution in [3.8, 4) is 0 Å². The number of hydrogen-bond donors (Lipinski definition) is 0. The minimum absolute atomic E-state index is 0.345. The Morgan fingerprint density at radius 3 is 2.00 bits per heavy atom. The van der Waals surface area contributed by atoms with Crippen LogP contribution in [0.3, 0.4) is 0 Å². The minimum Gasteiger partial charge on any atom is -0.212 e. The van der Waals surface area contributed by atoms with Crippen molar-refractivity contribution in [3.63, 3.8) is 0 Å². The monoisotopic (exact) mass is 242 g/mol. The van der Waals surface area contributed by atoms with Crippen molar-refractivity contribution >= 4 is 19.7 Å². The lowest BCUT2D eigenvalue weighted by Gasteiger charge is -2.05. The molecule has 0 atom stereocenters. The highest BCUT2D eigenvalue weighted by atomic mass is 33.1.